The van der Waals surface area contributed by atoms with E-state index >= 15 is 0 Å². The van der Waals surface area contributed by atoms with Crippen LogP contribution in [-0.4, -0.2) is 11.1 Å². The Morgan fingerprint density at radius 2 is 1.25 bits per heavy atom. The van der Waals surface area contributed by atoms with Gasteiger partial charge in [-0.1, -0.05) is 35.4 Å². The van der Waals surface area contributed by atoms with Crippen molar-refractivity contribution in [1.82, 2.24) is 0 Å². The summed E-state index contributed by atoms with van der Waals surface area (Å²) in [5, 5.41) is 7.42. The Hall–Kier alpha value is -1.31. The number of aliphatic carboxylic acids is 1. The van der Waals surface area contributed by atoms with Crippen molar-refractivity contribution >= 4 is 5.97 Å². The molecule has 0 amide bonds. The first-order valence-corrected chi connectivity index (χ1v) is 3.75. The molecule has 0 atom stereocenters. The Bertz CT molecular complexity index is 212. The Labute approximate surface area is 72.9 Å². The fraction of sp³-hybridized carbons (Fsp3) is 0.300. The summed E-state index contributed by atoms with van der Waals surface area (Å²) in [6.45, 7) is 5.28. The summed E-state index contributed by atoms with van der Waals surface area (Å²) in [5.41, 5.74) is 2.66. The average molecular weight is 166 g/mol. The molecule has 0 bridgehead atoms. The topological polar surface area (TPSA) is 37.3 Å². The SMILES string of the molecule is CC(=O)O.Cc1ccc(C)cc1. The van der Waals surface area contributed by atoms with Gasteiger partial charge in [0, 0.05) is 6.92 Å². The maximum atomic E-state index is 9.00. The van der Waals surface area contributed by atoms with E-state index in [1.54, 1.807) is 0 Å². The predicted molar refractivity (Wildman–Crippen MR) is 49.2 cm³/mol. The van der Waals surface area contributed by atoms with Crippen molar-refractivity contribution in [3.8, 4) is 0 Å². The van der Waals surface area contributed by atoms with Crippen molar-refractivity contribution in [2.24, 2.45) is 0 Å². The molecule has 1 N–H and O–H groups in total. The lowest BCUT2D eigenvalue weighted by atomic mass is 10.2. The lowest BCUT2D eigenvalue weighted by Crippen LogP contribution is -1.78. The van der Waals surface area contributed by atoms with Gasteiger partial charge in [0.2, 0.25) is 0 Å². The van der Waals surface area contributed by atoms with E-state index in [0.29, 0.717) is 0 Å². The van der Waals surface area contributed by atoms with Crippen LogP contribution in [0.15, 0.2) is 24.3 Å². The van der Waals surface area contributed by atoms with Gasteiger partial charge in [-0.3, -0.25) is 4.79 Å². The molecule has 2 nitrogen and oxygen atoms in total. The fourth-order valence-electron chi connectivity index (χ4n) is 0.637. The highest BCUT2D eigenvalue weighted by molar-refractivity contribution is 5.62. The van der Waals surface area contributed by atoms with Gasteiger partial charge in [0.15, 0.2) is 0 Å². The van der Waals surface area contributed by atoms with Gasteiger partial charge >= 0.3 is 0 Å². The quantitative estimate of drug-likeness (QED) is 0.642. The third kappa shape index (κ3) is 6.81. The van der Waals surface area contributed by atoms with Crippen LogP contribution >= 0.6 is 0 Å². The van der Waals surface area contributed by atoms with E-state index in [4.69, 9.17) is 9.90 Å². The molecule has 1 rings (SSSR count). The number of aryl methyl sites for hydroxylation is 2. The Kier molecular flexibility index (Phi) is 4.77. The molecule has 1 aromatic carbocycles. The minimum absolute atomic E-state index is 0.833. The Morgan fingerprint density at radius 1 is 1.08 bits per heavy atom. The first-order chi connectivity index (χ1) is 5.52. The number of carbonyl (C=O) groups is 1. The molecular formula is C10H14O2. The number of carboxylic acids is 1. The van der Waals surface area contributed by atoms with Gasteiger partial charge in [0.05, 0.1) is 0 Å². The molecule has 0 unspecified atom stereocenters. The van der Waals surface area contributed by atoms with Gasteiger partial charge < -0.3 is 5.11 Å². The minimum atomic E-state index is -0.833. The maximum absolute atomic E-state index is 9.00. The molecule has 0 saturated carbocycles. The third-order valence-electron chi connectivity index (χ3n) is 1.22. The second kappa shape index (κ2) is 5.35. The molecule has 0 aromatic heterocycles. The minimum Gasteiger partial charge on any atom is -0.481 e. The van der Waals surface area contributed by atoms with Crippen LogP contribution in [0.2, 0.25) is 0 Å². The number of hydrogen-bond acceptors (Lipinski definition) is 1. The molecule has 2 heteroatoms. The van der Waals surface area contributed by atoms with Crippen molar-refractivity contribution in [2.45, 2.75) is 20.8 Å². The first-order valence-electron chi connectivity index (χ1n) is 3.75. The molecule has 0 saturated heterocycles. The van der Waals surface area contributed by atoms with E-state index in [1.165, 1.54) is 11.1 Å². The van der Waals surface area contributed by atoms with Crippen LogP contribution in [-0.2, 0) is 4.79 Å². The number of rotatable bonds is 0. The highest BCUT2D eigenvalue weighted by atomic mass is 16.4. The molecule has 0 heterocycles. The van der Waals surface area contributed by atoms with Crippen molar-refractivity contribution < 1.29 is 9.90 Å². The second-order valence-electron chi connectivity index (χ2n) is 2.67. The lowest BCUT2D eigenvalue weighted by molar-refractivity contribution is -0.134. The lowest BCUT2D eigenvalue weighted by Gasteiger charge is -1.90. The van der Waals surface area contributed by atoms with Crippen LogP contribution < -0.4 is 0 Å². The van der Waals surface area contributed by atoms with Crippen molar-refractivity contribution in [3.05, 3.63) is 35.4 Å². The molecule has 0 radical (unpaired) electrons. The Balaban J connectivity index is 0.000000261. The average Bonchev–Trinajstić information content (AvgIpc) is 1.94. The number of hydrogen-bond donors (Lipinski definition) is 1. The molecule has 66 valence electrons. The summed E-state index contributed by atoms with van der Waals surface area (Å²) >= 11 is 0. The van der Waals surface area contributed by atoms with E-state index in [2.05, 4.69) is 38.1 Å². The fourth-order valence-corrected chi connectivity index (χ4v) is 0.637. The van der Waals surface area contributed by atoms with Crippen LogP contribution in [0.5, 0.6) is 0 Å². The highest BCUT2D eigenvalue weighted by Gasteiger charge is 1.79. The summed E-state index contributed by atoms with van der Waals surface area (Å²) < 4.78 is 0. The first kappa shape index (κ1) is 10.7. The van der Waals surface area contributed by atoms with Gasteiger partial charge in [0.1, 0.15) is 0 Å². The van der Waals surface area contributed by atoms with E-state index in [-0.39, 0.29) is 0 Å². The molecule has 0 spiro atoms. The zero-order valence-corrected chi connectivity index (χ0v) is 7.66. The third-order valence-corrected chi connectivity index (χ3v) is 1.22. The van der Waals surface area contributed by atoms with E-state index < -0.39 is 5.97 Å². The van der Waals surface area contributed by atoms with E-state index in [9.17, 15) is 0 Å². The zero-order valence-electron chi connectivity index (χ0n) is 7.66. The highest BCUT2D eigenvalue weighted by Crippen LogP contribution is 1.99. The maximum Gasteiger partial charge on any atom is 0.300 e. The summed E-state index contributed by atoms with van der Waals surface area (Å²) in [6.07, 6.45) is 0. The van der Waals surface area contributed by atoms with Crippen LogP contribution in [0.25, 0.3) is 0 Å². The summed E-state index contributed by atoms with van der Waals surface area (Å²) in [6, 6.07) is 8.48. The largest absolute Gasteiger partial charge is 0.481 e. The van der Waals surface area contributed by atoms with E-state index in [1.807, 2.05) is 0 Å². The Morgan fingerprint density at radius 3 is 1.42 bits per heavy atom. The number of carboxylic acid groups (broad SMARTS) is 1. The molecule has 0 fully saturated rings. The molecule has 12 heavy (non-hydrogen) atoms. The molecule has 0 aliphatic carbocycles. The predicted octanol–water partition coefficient (Wildman–Crippen LogP) is 2.39. The van der Waals surface area contributed by atoms with Gasteiger partial charge in [-0.15, -0.1) is 0 Å². The van der Waals surface area contributed by atoms with Crippen LogP contribution in [0.4, 0.5) is 0 Å². The van der Waals surface area contributed by atoms with Crippen LogP contribution in [0.1, 0.15) is 18.1 Å². The standard InChI is InChI=1S/C8H10.C2H4O2/c1-7-3-5-8(2)6-4-7;1-2(3)4/h3-6H,1-2H3;1H3,(H,3,4). The normalized spacial score (nSPS) is 8.25. The second-order valence-corrected chi connectivity index (χ2v) is 2.67. The van der Waals surface area contributed by atoms with Gasteiger partial charge in [-0.25, -0.2) is 0 Å². The summed E-state index contributed by atoms with van der Waals surface area (Å²) in [7, 11) is 0. The van der Waals surface area contributed by atoms with Crippen LogP contribution in [0.3, 0.4) is 0 Å². The van der Waals surface area contributed by atoms with E-state index in [0.717, 1.165) is 6.92 Å². The molecular weight excluding hydrogens is 152 g/mol. The van der Waals surface area contributed by atoms with Crippen LogP contribution in [0, 0.1) is 13.8 Å². The summed E-state index contributed by atoms with van der Waals surface area (Å²) in [4.78, 5) is 9.00. The molecule has 0 aliphatic heterocycles. The summed E-state index contributed by atoms with van der Waals surface area (Å²) in [5.74, 6) is -0.833. The smallest absolute Gasteiger partial charge is 0.300 e. The molecule has 1 aromatic rings. The van der Waals surface area contributed by atoms with Gasteiger partial charge in [-0.05, 0) is 13.8 Å². The zero-order chi connectivity index (χ0) is 9.56. The number of benzene rings is 1. The van der Waals surface area contributed by atoms with Gasteiger partial charge in [0.25, 0.3) is 5.97 Å². The monoisotopic (exact) mass is 166 g/mol. The van der Waals surface area contributed by atoms with Crippen molar-refractivity contribution in [3.63, 3.8) is 0 Å². The van der Waals surface area contributed by atoms with Gasteiger partial charge in [-0.2, -0.15) is 0 Å². The van der Waals surface area contributed by atoms with Crippen molar-refractivity contribution in [2.75, 3.05) is 0 Å². The molecule has 0 aliphatic rings. The van der Waals surface area contributed by atoms with Crippen molar-refractivity contribution in [1.29, 1.82) is 0 Å².